The highest BCUT2D eigenvalue weighted by Crippen LogP contribution is 2.43. The van der Waals surface area contributed by atoms with Crippen molar-refractivity contribution in [2.75, 3.05) is 69.3 Å². The summed E-state index contributed by atoms with van der Waals surface area (Å²) in [5.41, 5.74) is 0.587. The summed E-state index contributed by atoms with van der Waals surface area (Å²) in [5, 5.41) is 4.86. The molecule has 0 aliphatic carbocycles. The van der Waals surface area contributed by atoms with Gasteiger partial charge >= 0.3 is 18.3 Å². The predicted octanol–water partition coefficient (Wildman–Crippen LogP) is 6.54. The molecule has 3 aliphatic heterocycles. The lowest BCUT2D eigenvalue weighted by molar-refractivity contribution is -0.137. The van der Waals surface area contributed by atoms with Crippen molar-refractivity contribution < 1.29 is 32.2 Å². The van der Waals surface area contributed by atoms with Gasteiger partial charge in [-0.1, -0.05) is 19.6 Å². The fourth-order valence-corrected chi connectivity index (χ4v) is 8.23. The molecule has 2 aromatic heterocycles. The number of aromatic nitrogens is 4. The topological polar surface area (TPSA) is 106 Å². The first-order valence-electron chi connectivity index (χ1n) is 19.1. The van der Waals surface area contributed by atoms with E-state index in [1.807, 2.05) is 0 Å². The van der Waals surface area contributed by atoms with Gasteiger partial charge in [-0.25, -0.2) is 16.0 Å². The van der Waals surface area contributed by atoms with Gasteiger partial charge in [0, 0.05) is 57.9 Å². The van der Waals surface area contributed by atoms with Crippen molar-refractivity contribution in [3.05, 3.63) is 46.6 Å². The molecule has 17 heteroatoms. The van der Waals surface area contributed by atoms with Crippen LogP contribution in [-0.2, 0) is 35.3 Å². The molecular formula is C38H54F3N9O4Si. The normalized spacial score (nSPS) is 19.8. The van der Waals surface area contributed by atoms with Crippen molar-refractivity contribution in [1.82, 2.24) is 29.5 Å². The van der Waals surface area contributed by atoms with Gasteiger partial charge in [-0.15, -0.1) is 0 Å². The molecule has 1 aromatic carbocycles. The summed E-state index contributed by atoms with van der Waals surface area (Å²) in [4.78, 5) is 34.2. The molecule has 0 N–H and O–H groups in total. The number of ether oxygens (including phenoxy) is 3. The second-order valence-corrected chi connectivity index (χ2v) is 22.6. The zero-order valence-corrected chi connectivity index (χ0v) is 34.1. The Morgan fingerprint density at radius 3 is 2.51 bits per heavy atom. The second kappa shape index (κ2) is 16.1. The van der Waals surface area contributed by atoms with E-state index in [4.69, 9.17) is 30.8 Å². The molecule has 1 unspecified atom stereocenters. The fourth-order valence-electron chi connectivity index (χ4n) is 7.48. The molecule has 3 aliphatic rings. The van der Waals surface area contributed by atoms with Gasteiger partial charge in [0.25, 0.3) is 0 Å². The third-order valence-electron chi connectivity index (χ3n) is 10.4. The summed E-state index contributed by atoms with van der Waals surface area (Å²) in [6.45, 7) is 23.4. The number of likely N-dealkylation sites (N-methyl/N-ethyl adjacent to an activating group) is 1. The van der Waals surface area contributed by atoms with Gasteiger partial charge in [-0.2, -0.15) is 28.2 Å². The number of rotatable bonds is 11. The SMILES string of the molecule is [C-]#[N+]CC1CN(c2nc(OC[C@H]3CCCN3C)nc3c2CCN(c2c(C(F)(F)F)ccc4c2cnn4COCC[Si](C)(C)C)C3)CCN1C(=O)OC(C)(C)C. The van der Waals surface area contributed by atoms with Crippen LogP contribution in [0, 0.1) is 6.57 Å². The molecule has 0 spiro atoms. The Bertz CT molecular complexity index is 1890. The van der Waals surface area contributed by atoms with Gasteiger partial charge in [0.05, 0.1) is 35.2 Å². The molecule has 0 saturated carbocycles. The number of piperazine rings is 1. The van der Waals surface area contributed by atoms with Crippen LogP contribution in [0.2, 0.25) is 25.7 Å². The number of halogens is 3. The van der Waals surface area contributed by atoms with Crippen molar-refractivity contribution in [2.45, 2.75) is 103 Å². The summed E-state index contributed by atoms with van der Waals surface area (Å²) in [7, 11) is 0.733. The van der Waals surface area contributed by atoms with E-state index < -0.39 is 37.5 Å². The summed E-state index contributed by atoms with van der Waals surface area (Å²) in [6.07, 6.45) is -1.16. The molecule has 0 bridgehead atoms. The average Bonchev–Trinajstić information content (AvgIpc) is 3.72. The number of nitrogens with zero attached hydrogens (tertiary/aromatic N) is 9. The van der Waals surface area contributed by atoms with E-state index in [9.17, 15) is 18.0 Å². The minimum Gasteiger partial charge on any atom is -0.462 e. The second-order valence-electron chi connectivity index (χ2n) is 17.0. The minimum absolute atomic E-state index is 0.0577. The van der Waals surface area contributed by atoms with E-state index >= 15 is 0 Å². The maximum atomic E-state index is 14.7. The third kappa shape index (κ3) is 9.64. The fraction of sp³-hybridized carbons (Fsp3) is 0.658. The molecule has 2 fully saturated rings. The van der Waals surface area contributed by atoms with Crippen molar-refractivity contribution in [3.63, 3.8) is 0 Å². The highest BCUT2D eigenvalue weighted by molar-refractivity contribution is 6.76. The molecule has 2 saturated heterocycles. The number of likely N-dealkylation sites (tertiary alicyclic amines) is 1. The lowest BCUT2D eigenvalue weighted by Crippen LogP contribution is -2.57. The molecule has 6 rings (SSSR count). The molecule has 1 amide bonds. The summed E-state index contributed by atoms with van der Waals surface area (Å²) in [6, 6.07) is 3.47. The molecule has 55 heavy (non-hydrogen) atoms. The van der Waals surface area contributed by atoms with Crippen LogP contribution in [0.25, 0.3) is 15.7 Å². The number of carbonyl (C=O) groups is 1. The first kappa shape index (κ1) is 40.5. The molecule has 2 atom stereocenters. The molecule has 3 aromatic rings. The van der Waals surface area contributed by atoms with Gasteiger partial charge in [0.15, 0.2) is 0 Å². The van der Waals surface area contributed by atoms with Gasteiger partial charge in [-0.05, 0) is 71.8 Å². The summed E-state index contributed by atoms with van der Waals surface area (Å²) < 4.78 is 63.7. The van der Waals surface area contributed by atoms with Crippen LogP contribution in [0.15, 0.2) is 18.3 Å². The van der Waals surface area contributed by atoms with Crippen LogP contribution in [0.5, 0.6) is 6.01 Å². The number of alkyl halides is 3. The van der Waals surface area contributed by atoms with Crippen LogP contribution in [0.1, 0.15) is 50.4 Å². The quantitative estimate of drug-likeness (QED) is 0.121. The Morgan fingerprint density at radius 2 is 1.84 bits per heavy atom. The van der Waals surface area contributed by atoms with Crippen molar-refractivity contribution >= 4 is 36.6 Å². The van der Waals surface area contributed by atoms with Crippen LogP contribution < -0.4 is 14.5 Å². The van der Waals surface area contributed by atoms with Crippen LogP contribution in [-0.4, -0.2) is 121 Å². The maximum absolute atomic E-state index is 14.7. The van der Waals surface area contributed by atoms with Gasteiger partial charge in [-0.3, -0.25) is 4.90 Å². The zero-order chi connectivity index (χ0) is 39.7. The van der Waals surface area contributed by atoms with E-state index in [0.717, 1.165) is 37.1 Å². The minimum atomic E-state index is -4.61. The van der Waals surface area contributed by atoms with Crippen LogP contribution in [0.3, 0.4) is 0 Å². The van der Waals surface area contributed by atoms with E-state index in [1.54, 1.807) is 35.3 Å². The molecule has 13 nitrogen and oxygen atoms in total. The van der Waals surface area contributed by atoms with Crippen LogP contribution in [0.4, 0.5) is 29.5 Å². The molecular weight excluding hydrogens is 732 g/mol. The van der Waals surface area contributed by atoms with E-state index in [1.165, 1.54) is 12.3 Å². The number of anilines is 2. The first-order chi connectivity index (χ1) is 25.9. The van der Waals surface area contributed by atoms with Crippen molar-refractivity contribution in [3.8, 4) is 6.01 Å². The lowest BCUT2D eigenvalue weighted by Gasteiger charge is -2.41. The van der Waals surface area contributed by atoms with Crippen molar-refractivity contribution in [2.24, 2.45) is 0 Å². The smallest absolute Gasteiger partial charge is 0.418 e. The Morgan fingerprint density at radius 1 is 1.05 bits per heavy atom. The Balaban J connectivity index is 1.33. The standard InChI is InChI=1S/C38H54F3N9O4Si/c1-37(2,3)54-36(51)49-17-16-48(22-27(49)20-42-4)34-28-13-15-47(23-31(28)44-35(45-34)53-24-26-10-9-14-46(26)5)33-29-21-43-50(25-52-18-19-55(6,7)8)32(29)12-11-30(33)38(39,40)41/h11-12,21,26-27H,9-10,13-20,22-25H2,1-3,5-8H3/t26-,27?/m1/s1. The lowest BCUT2D eigenvalue weighted by atomic mass is 10.0. The number of amides is 1. The average molecular weight is 786 g/mol. The maximum Gasteiger partial charge on any atom is 0.418 e. The molecule has 300 valence electrons. The predicted molar refractivity (Wildman–Crippen MR) is 207 cm³/mol. The van der Waals surface area contributed by atoms with Crippen molar-refractivity contribution in [1.29, 1.82) is 0 Å². The first-order valence-corrected chi connectivity index (χ1v) is 22.8. The monoisotopic (exact) mass is 785 g/mol. The highest BCUT2D eigenvalue weighted by Gasteiger charge is 2.40. The number of fused-ring (bicyclic) bond motifs is 2. The number of carbonyl (C=O) groups excluding carboxylic acids is 1. The summed E-state index contributed by atoms with van der Waals surface area (Å²) >= 11 is 0. The number of hydrogen-bond donors (Lipinski definition) is 0. The largest absolute Gasteiger partial charge is 0.462 e. The van der Waals surface area contributed by atoms with Crippen LogP contribution >= 0.6 is 0 Å². The van der Waals surface area contributed by atoms with E-state index in [2.05, 4.69) is 46.4 Å². The summed E-state index contributed by atoms with van der Waals surface area (Å²) in [5.74, 6) is 0.621. The Labute approximate surface area is 322 Å². The van der Waals surface area contributed by atoms with E-state index in [-0.39, 0.29) is 44.1 Å². The number of benzene rings is 1. The van der Waals surface area contributed by atoms with Gasteiger partial charge < -0.3 is 33.8 Å². The zero-order valence-electron chi connectivity index (χ0n) is 33.1. The van der Waals surface area contributed by atoms with E-state index in [0.29, 0.717) is 61.7 Å². The highest BCUT2D eigenvalue weighted by atomic mass is 28.3. The number of hydrogen-bond acceptors (Lipinski definition) is 10. The third-order valence-corrected chi connectivity index (χ3v) is 12.1. The van der Waals surface area contributed by atoms with Gasteiger partial charge in [0.1, 0.15) is 30.8 Å². The molecule has 5 heterocycles. The molecule has 0 radical (unpaired) electrons. The Hall–Kier alpha value is -4.14. The van der Waals surface area contributed by atoms with Gasteiger partial charge in [0.2, 0.25) is 6.54 Å². The Kier molecular flexibility index (Phi) is 11.9.